The minimum absolute atomic E-state index is 0.0232. The van der Waals surface area contributed by atoms with Gasteiger partial charge < -0.3 is 9.47 Å². The van der Waals surface area contributed by atoms with Gasteiger partial charge in [-0.25, -0.2) is 4.79 Å². The summed E-state index contributed by atoms with van der Waals surface area (Å²) in [5.74, 6) is 0.0286. The molecule has 182 valence electrons. The minimum Gasteiger partial charge on any atom is -0.448 e. The van der Waals surface area contributed by atoms with E-state index < -0.39 is 0 Å². The SMILES string of the molecule is C=Cc1ccc(C(=O)C2CC3COCC(C2)N3C(=O)OCC2c3ccccc3-c3ccccc32)cc1. The summed E-state index contributed by atoms with van der Waals surface area (Å²) in [5.41, 5.74) is 6.50. The molecule has 2 heterocycles. The number of Topliss-reactive ketones (excluding diaryl/α,β-unsaturated/α-hetero) is 1. The van der Waals surface area contributed by atoms with Gasteiger partial charge in [-0.2, -0.15) is 0 Å². The van der Waals surface area contributed by atoms with Crippen LogP contribution in [0.15, 0.2) is 79.4 Å². The van der Waals surface area contributed by atoms with E-state index in [2.05, 4.69) is 30.8 Å². The van der Waals surface area contributed by atoms with E-state index in [9.17, 15) is 9.59 Å². The highest BCUT2D eigenvalue weighted by Crippen LogP contribution is 2.44. The Kier molecular flexibility index (Phi) is 5.94. The van der Waals surface area contributed by atoms with E-state index in [4.69, 9.17) is 9.47 Å². The summed E-state index contributed by atoms with van der Waals surface area (Å²) in [6, 6.07) is 23.9. The highest BCUT2D eigenvalue weighted by Gasteiger charge is 2.45. The third kappa shape index (κ3) is 3.94. The molecule has 0 N–H and O–H groups in total. The predicted octanol–water partition coefficient (Wildman–Crippen LogP) is 5.94. The lowest BCUT2D eigenvalue weighted by atomic mass is 9.81. The standard InChI is InChI=1S/C31H29NO4/c1-2-20-11-13-21(14-12-20)30(33)22-15-23-17-35-18-24(16-22)32(23)31(34)36-19-29-27-9-5-3-7-25(27)26-8-4-6-10-28(26)29/h2-14,22-24,29H,1,15-19H2. The van der Waals surface area contributed by atoms with Crippen LogP contribution in [0.3, 0.4) is 0 Å². The van der Waals surface area contributed by atoms with Gasteiger partial charge in [-0.05, 0) is 40.7 Å². The number of nitrogens with zero attached hydrogens (tertiary/aromatic N) is 1. The molecule has 0 saturated carbocycles. The van der Waals surface area contributed by atoms with E-state index in [1.807, 2.05) is 53.4 Å². The van der Waals surface area contributed by atoms with Gasteiger partial charge in [0.05, 0.1) is 25.3 Å². The molecule has 1 amide bonds. The number of ether oxygens (including phenoxy) is 2. The zero-order valence-electron chi connectivity index (χ0n) is 20.1. The number of amides is 1. The molecule has 2 fully saturated rings. The van der Waals surface area contributed by atoms with Crippen molar-refractivity contribution >= 4 is 18.0 Å². The van der Waals surface area contributed by atoms with E-state index in [0.717, 1.165) is 5.56 Å². The Morgan fingerprint density at radius 2 is 1.47 bits per heavy atom. The third-order valence-electron chi connectivity index (χ3n) is 7.87. The largest absolute Gasteiger partial charge is 0.448 e. The Balaban J connectivity index is 1.15. The van der Waals surface area contributed by atoms with E-state index in [0.29, 0.717) is 38.2 Å². The Morgan fingerprint density at radius 3 is 2.06 bits per heavy atom. The maximum atomic E-state index is 13.4. The van der Waals surface area contributed by atoms with Crippen LogP contribution in [0.5, 0.6) is 0 Å². The quantitative estimate of drug-likeness (QED) is 0.425. The summed E-state index contributed by atoms with van der Waals surface area (Å²) in [6.45, 7) is 4.93. The molecule has 0 spiro atoms. The fraction of sp³-hybridized carbons (Fsp3) is 0.290. The lowest BCUT2D eigenvalue weighted by molar-refractivity contribution is -0.0747. The number of morpholine rings is 1. The van der Waals surface area contributed by atoms with Gasteiger partial charge in [-0.1, -0.05) is 85.5 Å². The number of ketones is 1. The van der Waals surface area contributed by atoms with Gasteiger partial charge in [0.25, 0.3) is 0 Å². The highest BCUT2D eigenvalue weighted by molar-refractivity contribution is 5.98. The summed E-state index contributed by atoms with van der Waals surface area (Å²) in [6.07, 6.45) is 2.63. The van der Waals surface area contributed by atoms with Crippen molar-refractivity contribution in [3.05, 3.63) is 102 Å². The molecule has 3 aliphatic rings. The van der Waals surface area contributed by atoms with Crippen LogP contribution in [0.2, 0.25) is 0 Å². The van der Waals surface area contributed by atoms with E-state index in [1.165, 1.54) is 22.3 Å². The summed E-state index contributed by atoms with van der Waals surface area (Å²) in [5, 5.41) is 0. The molecule has 36 heavy (non-hydrogen) atoms. The van der Waals surface area contributed by atoms with Gasteiger partial charge in [0, 0.05) is 17.4 Å². The number of hydrogen-bond donors (Lipinski definition) is 0. The summed E-state index contributed by atoms with van der Waals surface area (Å²) in [4.78, 5) is 28.4. The first-order valence-electron chi connectivity index (χ1n) is 12.6. The lowest BCUT2D eigenvalue weighted by Crippen LogP contribution is -2.60. The summed E-state index contributed by atoms with van der Waals surface area (Å²) in [7, 11) is 0. The van der Waals surface area contributed by atoms with Crippen LogP contribution in [0.1, 0.15) is 45.8 Å². The first-order chi connectivity index (χ1) is 17.6. The number of hydrogen-bond acceptors (Lipinski definition) is 4. The summed E-state index contributed by atoms with van der Waals surface area (Å²) < 4.78 is 11.7. The van der Waals surface area contributed by atoms with Crippen molar-refractivity contribution in [2.75, 3.05) is 19.8 Å². The molecule has 0 radical (unpaired) electrons. The third-order valence-corrected chi connectivity index (χ3v) is 7.87. The number of benzene rings is 3. The smallest absolute Gasteiger partial charge is 0.410 e. The van der Waals surface area contributed by atoms with Crippen LogP contribution in [0.25, 0.3) is 17.2 Å². The van der Waals surface area contributed by atoms with E-state index in [-0.39, 0.29) is 35.8 Å². The number of fused-ring (bicyclic) bond motifs is 5. The van der Waals surface area contributed by atoms with Gasteiger partial charge in [0.1, 0.15) is 6.61 Å². The number of rotatable bonds is 5. The van der Waals surface area contributed by atoms with Gasteiger partial charge in [-0.15, -0.1) is 0 Å². The summed E-state index contributed by atoms with van der Waals surface area (Å²) >= 11 is 0. The van der Waals surface area contributed by atoms with Crippen molar-refractivity contribution in [1.82, 2.24) is 4.90 Å². The topological polar surface area (TPSA) is 55.8 Å². The van der Waals surface area contributed by atoms with Gasteiger partial charge in [0.2, 0.25) is 0 Å². The molecule has 5 nitrogen and oxygen atoms in total. The zero-order chi connectivity index (χ0) is 24.6. The first kappa shape index (κ1) is 22.7. The molecular formula is C31H29NO4. The molecule has 2 aliphatic heterocycles. The van der Waals surface area contributed by atoms with Gasteiger partial charge in [0.15, 0.2) is 5.78 Å². The maximum Gasteiger partial charge on any atom is 0.410 e. The Morgan fingerprint density at radius 1 is 0.889 bits per heavy atom. The number of carbonyl (C=O) groups excluding carboxylic acids is 2. The van der Waals surface area contributed by atoms with Crippen LogP contribution < -0.4 is 0 Å². The van der Waals surface area contributed by atoms with Gasteiger partial charge >= 0.3 is 6.09 Å². The second-order valence-electron chi connectivity index (χ2n) is 9.92. The molecule has 2 unspecified atom stereocenters. The molecule has 2 bridgehead atoms. The van der Waals surface area contributed by atoms with Crippen molar-refractivity contribution < 1.29 is 19.1 Å². The lowest BCUT2D eigenvalue weighted by Gasteiger charge is -2.47. The van der Waals surface area contributed by atoms with Crippen LogP contribution in [-0.2, 0) is 9.47 Å². The van der Waals surface area contributed by atoms with Gasteiger partial charge in [-0.3, -0.25) is 9.69 Å². The molecule has 2 saturated heterocycles. The minimum atomic E-state index is -0.309. The second-order valence-corrected chi connectivity index (χ2v) is 9.92. The highest BCUT2D eigenvalue weighted by atomic mass is 16.6. The van der Waals surface area contributed by atoms with Crippen LogP contribution in [0, 0.1) is 5.92 Å². The van der Waals surface area contributed by atoms with Crippen LogP contribution in [-0.4, -0.2) is 48.7 Å². The molecule has 2 atom stereocenters. The van der Waals surface area contributed by atoms with Crippen molar-refractivity contribution in [1.29, 1.82) is 0 Å². The van der Waals surface area contributed by atoms with Crippen molar-refractivity contribution in [2.24, 2.45) is 5.92 Å². The van der Waals surface area contributed by atoms with Crippen LogP contribution in [0.4, 0.5) is 4.79 Å². The van der Waals surface area contributed by atoms with Crippen LogP contribution >= 0.6 is 0 Å². The Hall–Kier alpha value is -3.70. The fourth-order valence-electron chi connectivity index (χ4n) is 6.12. The molecule has 1 aliphatic carbocycles. The van der Waals surface area contributed by atoms with E-state index >= 15 is 0 Å². The van der Waals surface area contributed by atoms with E-state index in [1.54, 1.807) is 6.08 Å². The number of carbonyl (C=O) groups is 2. The molecule has 6 rings (SSSR count). The second kappa shape index (κ2) is 9.40. The average Bonchev–Trinajstić information content (AvgIpc) is 3.24. The first-order valence-corrected chi connectivity index (χ1v) is 12.6. The average molecular weight is 480 g/mol. The van der Waals surface area contributed by atoms with Crippen molar-refractivity contribution in [3.8, 4) is 11.1 Å². The van der Waals surface area contributed by atoms with Crippen molar-refractivity contribution in [3.63, 3.8) is 0 Å². The van der Waals surface area contributed by atoms with Crippen molar-refractivity contribution in [2.45, 2.75) is 30.8 Å². The molecule has 3 aromatic carbocycles. The monoisotopic (exact) mass is 479 g/mol. The Labute approximate surface area is 211 Å². The Bertz CT molecular complexity index is 1250. The molecular weight excluding hydrogens is 450 g/mol. The molecule has 5 heteroatoms. The molecule has 0 aromatic heterocycles. The predicted molar refractivity (Wildman–Crippen MR) is 139 cm³/mol. The number of piperidine rings is 1. The zero-order valence-corrected chi connectivity index (χ0v) is 20.1. The normalized spacial score (nSPS) is 22.4. The molecule has 3 aromatic rings. The fourth-order valence-corrected chi connectivity index (χ4v) is 6.12. The maximum absolute atomic E-state index is 13.4.